The van der Waals surface area contributed by atoms with E-state index >= 15 is 0 Å². The molecule has 0 N–H and O–H groups in total. The van der Waals surface area contributed by atoms with Crippen molar-refractivity contribution in [1.29, 1.82) is 0 Å². The number of hydrogen-bond donors (Lipinski definition) is 0. The number of benzene rings is 2. The first-order valence-electron chi connectivity index (χ1n) is 9.93. The molecule has 1 saturated carbocycles. The van der Waals surface area contributed by atoms with E-state index in [0.29, 0.717) is 23.7 Å². The second-order valence-corrected chi connectivity index (χ2v) is 7.61. The van der Waals surface area contributed by atoms with Gasteiger partial charge < -0.3 is 9.64 Å². The SMILES string of the molecule is COC(=O)c1ccccc1C(=O)N1CCN(C2CC2)CC1Cc1ccccc1. The maximum Gasteiger partial charge on any atom is 0.338 e. The molecule has 2 aromatic rings. The second-order valence-electron chi connectivity index (χ2n) is 7.61. The van der Waals surface area contributed by atoms with Gasteiger partial charge in [0.2, 0.25) is 0 Å². The Bertz CT molecular complexity index is 848. The molecule has 1 saturated heterocycles. The minimum absolute atomic E-state index is 0.0858. The Labute approximate surface area is 165 Å². The highest BCUT2D eigenvalue weighted by Gasteiger charge is 2.38. The zero-order valence-corrected chi connectivity index (χ0v) is 16.2. The third-order valence-corrected chi connectivity index (χ3v) is 5.72. The Morgan fingerprint density at radius 3 is 2.32 bits per heavy atom. The smallest absolute Gasteiger partial charge is 0.338 e. The largest absolute Gasteiger partial charge is 0.465 e. The Morgan fingerprint density at radius 1 is 0.964 bits per heavy atom. The lowest BCUT2D eigenvalue weighted by molar-refractivity contribution is 0.0428. The van der Waals surface area contributed by atoms with Crippen LogP contribution in [-0.4, -0.2) is 60.5 Å². The topological polar surface area (TPSA) is 49.9 Å². The van der Waals surface area contributed by atoms with Crippen LogP contribution in [0.25, 0.3) is 0 Å². The molecule has 0 radical (unpaired) electrons. The number of amides is 1. The summed E-state index contributed by atoms with van der Waals surface area (Å²) in [6.45, 7) is 2.45. The van der Waals surface area contributed by atoms with E-state index in [9.17, 15) is 9.59 Å². The van der Waals surface area contributed by atoms with Crippen LogP contribution in [0, 0.1) is 0 Å². The van der Waals surface area contributed by atoms with Crippen molar-refractivity contribution in [3.63, 3.8) is 0 Å². The summed E-state index contributed by atoms with van der Waals surface area (Å²) in [6, 6.07) is 18.0. The third-order valence-electron chi connectivity index (χ3n) is 5.72. The molecule has 0 spiro atoms. The minimum Gasteiger partial charge on any atom is -0.465 e. The number of nitrogens with zero attached hydrogens (tertiary/aromatic N) is 2. The predicted molar refractivity (Wildman–Crippen MR) is 107 cm³/mol. The van der Waals surface area contributed by atoms with Crippen molar-refractivity contribution in [1.82, 2.24) is 9.80 Å². The number of carbonyl (C=O) groups is 2. The van der Waals surface area contributed by atoms with E-state index in [-0.39, 0.29) is 11.9 Å². The molecule has 1 heterocycles. The van der Waals surface area contributed by atoms with Gasteiger partial charge in [0, 0.05) is 31.7 Å². The number of esters is 1. The van der Waals surface area contributed by atoms with Crippen LogP contribution in [0.3, 0.4) is 0 Å². The third kappa shape index (κ3) is 3.94. The number of carbonyl (C=O) groups excluding carboxylic acids is 2. The molecule has 2 aromatic carbocycles. The first-order chi connectivity index (χ1) is 13.7. The summed E-state index contributed by atoms with van der Waals surface area (Å²) in [5.41, 5.74) is 1.98. The van der Waals surface area contributed by atoms with Gasteiger partial charge in [-0.15, -0.1) is 0 Å². The second kappa shape index (κ2) is 8.15. The van der Waals surface area contributed by atoms with E-state index in [1.807, 2.05) is 23.1 Å². The molecule has 1 aliphatic carbocycles. The average molecular weight is 378 g/mol. The van der Waals surface area contributed by atoms with Crippen molar-refractivity contribution in [3.8, 4) is 0 Å². The summed E-state index contributed by atoms with van der Waals surface area (Å²) in [5, 5.41) is 0. The lowest BCUT2D eigenvalue weighted by Gasteiger charge is -2.42. The highest BCUT2D eigenvalue weighted by Crippen LogP contribution is 2.30. The molecule has 4 rings (SSSR count). The summed E-state index contributed by atoms with van der Waals surface area (Å²) < 4.78 is 4.88. The van der Waals surface area contributed by atoms with Gasteiger partial charge >= 0.3 is 5.97 Å². The fourth-order valence-corrected chi connectivity index (χ4v) is 4.09. The van der Waals surface area contributed by atoms with Gasteiger partial charge in [-0.3, -0.25) is 9.69 Å². The lowest BCUT2D eigenvalue weighted by Crippen LogP contribution is -2.56. The zero-order chi connectivity index (χ0) is 19.5. The van der Waals surface area contributed by atoms with E-state index in [4.69, 9.17) is 4.74 Å². The van der Waals surface area contributed by atoms with Crippen molar-refractivity contribution in [2.75, 3.05) is 26.7 Å². The molecular formula is C23H26N2O3. The first kappa shape index (κ1) is 18.7. The molecule has 1 unspecified atom stereocenters. The molecule has 1 atom stereocenters. The molecule has 28 heavy (non-hydrogen) atoms. The average Bonchev–Trinajstić information content (AvgIpc) is 3.59. The van der Waals surface area contributed by atoms with E-state index in [1.165, 1.54) is 25.5 Å². The molecule has 2 aliphatic rings. The zero-order valence-electron chi connectivity index (χ0n) is 16.2. The van der Waals surface area contributed by atoms with Gasteiger partial charge in [-0.2, -0.15) is 0 Å². The molecule has 0 bridgehead atoms. The summed E-state index contributed by atoms with van der Waals surface area (Å²) in [7, 11) is 1.34. The molecular weight excluding hydrogens is 352 g/mol. The van der Waals surface area contributed by atoms with Gasteiger partial charge in [0.15, 0.2) is 0 Å². The van der Waals surface area contributed by atoms with Gasteiger partial charge in [-0.1, -0.05) is 42.5 Å². The van der Waals surface area contributed by atoms with Crippen LogP contribution in [0.4, 0.5) is 0 Å². The molecule has 5 nitrogen and oxygen atoms in total. The molecule has 1 amide bonds. The van der Waals surface area contributed by atoms with Gasteiger partial charge in [0.25, 0.3) is 5.91 Å². The number of piperazine rings is 1. The maximum atomic E-state index is 13.4. The minimum atomic E-state index is -0.472. The number of ether oxygens (including phenoxy) is 1. The highest BCUT2D eigenvalue weighted by molar-refractivity contribution is 6.05. The monoisotopic (exact) mass is 378 g/mol. The Morgan fingerprint density at radius 2 is 1.64 bits per heavy atom. The maximum absolute atomic E-state index is 13.4. The molecule has 2 fully saturated rings. The van der Waals surface area contributed by atoms with Crippen LogP contribution in [-0.2, 0) is 11.2 Å². The number of hydrogen-bond acceptors (Lipinski definition) is 4. The predicted octanol–water partition coefficient (Wildman–Crippen LogP) is 3.00. The Balaban J connectivity index is 1.60. The van der Waals surface area contributed by atoms with E-state index < -0.39 is 5.97 Å². The quantitative estimate of drug-likeness (QED) is 0.751. The van der Waals surface area contributed by atoms with Crippen LogP contribution in [0.2, 0.25) is 0 Å². The van der Waals surface area contributed by atoms with E-state index in [2.05, 4.69) is 17.0 Å². The summed E-state index contributed by atoms with van der Waals surface area (Å²) >= 11 is 0. The van der Waals surface area contributed by atoms with Gasteiger partial charge in [-0.05, 0) is 37.0 Å². The fraction of sp³-hybridized carbons (Fsp3) is 0.391. The lowest BCUT2D eigenvalue weighted by atomic mass is 9.99. The van der Waals surface area contributed by atoms with Crippen molar-refractivity contribution >= 4 is 11.9 Å². The van der Waals surface area contributed by atoms with Crippen molar-refractivity contribution < 1.29 is 14.3 Å². The standard InChI is InChI=1S/C23H26N2O3/c1-28-23(27)21-10-6-5-9-20(21)22(26)25-14-13-24(18-11-12-18)16-19(25)15-17-7-3-2-4-8-17/h2-10,18-19H,11-16H2,1H3. The molecule has 146 valence electrons. The van der Waals surface area contributed by atoms with Crippen LogP contribution in [0.15, 0.2) is 54.6 Å². The molecule has 5 heteroatoms. The van der Waals surface area contributed by atoms with Crippen LogP contribution in [0.5, 0.6) is 0 Å². The summed E-state index contributed by atoms with van der Waals surface area (Å²) in [6.07, 6.45) is 3.34. The summed E-state index contributed by atoms with van der Waals surface area (Å²) in [5.74, 6) is -0.558. The highest BCUT2D eigenvalue weighted by atomic mass is 16.5. The van der Waals surface area contributed by atoms with Crippen molar-refractivity contribution in [2.24, 2.45) is 0 Å². The van der Waals surface area contributed by atoms with Gasteiger partial charge in [-0.25, -0.2) is 4.79 Å². The number of rotatable bonds is 5. The Hall–Kier alpha value is -2.66. The van der Waals surface area contributed by atoms with Crippen LogP contribution >= 0.6 is 0 Å². The van der Waals surface area contributed by atoms with Crippen molar-refractivity contribution in [3.05, 3.63) is 71.3 Å². The van der Waals surface area contributed by atoms with Gasteiger partial charge in [0.05, 0.1) is 18.2 Å². The normalized spacial score (nSPS) is 20.0. The van der Waals surface area contributed by atoms with Gasteiger partial charge in [0.1, 0.15) is 0 Å². The van der Waals surface area contributed by atoms with E-state index in [0.717, 1.165) is 19.5 Å². The van der Waals surface area contributed by atoms with Crippen molar-refractivity contribution in [2.45, 2.75) is 31.3 Å². The van der Waals surface area contributed by atoms with Crippen LogP contribution in [0.1, 0.15) is 39.1 Å². The molecule has 1 aliphatic heterocycles. The number of methoxy groups -OCH3 is 1. The van der Waals surface area contributed by atoms with E-state index in [1.54, 1.807) is 24.3 Å². The first-order valence-corrected chi connectivity index (χ1v) is 9.93. The fourth-order valence-electron chi connectivity index (χ4n) is 4.09. The summed E-state index contributed by atoms with van der Waals surface area (Å²) in [4.78, 5) is 30.0. The molecule has 0 aromatic heterocycles. The van der Waals surface area contributed by atoms with Crippen LogP contribution < -0.4 is 0 Å². The Kier molecular flexibility index (Phi) is 5.44.